The fourth-order valence-corrected chi connectivity index (χ4v) is 2.66. The van der Waals surface area contributed by atoms with Gasteiger partial charge in [0.05, 0.1) is 11.0 Å². The molecule has 0 atom stereocenters. The van der Waals surface area contributed by atoms with Crippen LogP contribution in [0.2, 0.25) is 0 Å². The van der Waals surface area contributed by atoms with Crippen LogP contribution >= 0.6 is 11.6 Å². The van der Waals surface area contributed by atoms with Crippen LogP contribution in [-0.4, -0.2) is 14.5 Å². The van der Waals surface area contributed by atoms with E-state index in [0.29, 0.717) is 28.9 Å². The van der Waals surface area contributed by atoms with Crippen LogP contribution in [0, 0.1) is 5.82 Å². The lowest BCUT2D eigenvalue weighted by Crippen LogP contribution is -1.98. The molecule has 0 aliphatic carbocycles. The normalized spacial score (nSPS) is 11.4. The molecule has 4 rings (SSSR count). The minimum absolute atomic E-state index is 0.322. The maximum absolute atomic E-state index is 13.3. The number of oxazole rings is 1. The Bertz CT molecular complexity index is 1020. The summed E-state index contributed by atoms with van der Waals surface area (Å²) in [6.45, 7) is 0. The van der Waals surface area contributed by atoms with Gasteiger partial charge in [0.15, 0.2) is 5.58 Å². The fourth-order valence-electron chi connectivity index (χ4n) is 2.49. The number of imidazole rings is 1. The van der Waals surface area contributed by atoms with E-state index >= 15 is 0 Å². The van der Waals surface area contributed by atoms with Gasteiger partial charge in [-0.25, -0.2) is 9.37 Å². The number of nitrogens with one attached hydrogen (secondary N) is 1. The van der Waals surface area contributed by atoms with Crippen LogP contribution in [0.25, 0.3) is 22.1 Å². The summed E-state index contributed by atoms with van der Waals surface area (Å²) in [5, 5.41) is 3.03. The van der Waals surface area contributed by atoms with Crippen LogP contribution in [0.15, 0.2) is 40.8 Å². The monoisotopic (exact) mass is 330 g/mol. The highest BCUT2D eigenvalue weighted by atomic mass is 35.5. The third-order valence-electron chi connectivity index (χ3n) is 3.67. The van der Waals surface area contributed by atoms with Crippen LogP contribution < -0.4 is 5.32 Å². The molecule has 2 heterocycles. The van der Waals surface area contributed by atoms with Crippen molar-refractivity contribution in [2.75, 3.05) is 5.32 Å². The Kier molecular flexibility index (Phi) is 3.20. The lowest BCUT2D eigenvalue weighted by atomic mass is 10.2. The Morgan fingerprint density at radius 2 is 2.04 bits per heavy atom. The average Bonchev–Trinajstić information content (AvgIpc) is 3.07. The molecule has 0 amide bonds. The minimum atomic E-state index is -0.322. The highest BCUT2D eigenvalue weighted by molar-refractivity contribution is 6.17. The number of hydrogen-bond donors (Lipinski definition) is 1. The first-order valence-electron chi connectivity index (χ1n) is 6.98. The second-order valence-electron chi connectivity index (χ2n) is 5.21. The third-order valence-corrected chi connectivity index (χ3v) is 3.98. The SMILES string of the molecule is Cn1c(Nc2nc3cc(CCl)ccc3o2)nc2cc(F)ccc21. The molecule has 0 saturated carbocycles. The molecule has 0 bridgehead atoms. The molecular formula is C16H12ClFN4O. The highest BCUT2D eigenvalue weighted by Gasteiger charge is 2.12. The van der Waals surface area contributed by atoms with Crippen LogP contribution in [-0.2, 0) is 12.9 Å². The zero-order chi connectivity index (χ0) is 16.0. The molecule has 0 saturated heterocycles. The minimum Gasteiger partial charge on any atom is -0.423 e. The number of fused-ring (bicyclic) bond motifs is 2. The number of halogens is 2. The predicted octanol–water partition coefficient (Wildman–Crippen LogP) is 4.34. The van der Waals surface area contributed by atoms with Gasteiger partial charge in [-0.1, -0.05) is 6.07 Å². The van der Waals surface area contributed by atoms with Crippen LogP contribution in [0.1, 0.15) is 5.56 Å². The molecule has 0 fully saturated rings. The van der Waals surface area contributed by atoms with Gasteiger partial charge in [-0.05, 0) is 29.8 Å². The van der Waals surface area contributed by atoms with Crippen LogP contribution in [0.4, 0.5) is 16.4 Å². The first kappa shape index (κ1) is 14.0. The summed E-state index contributed by atoms with van der Waals surface area (Å²) in [7, 11) is 1.84. The van der Waals surface area contributed by atoms with Crippen molar-refractivity contribution in [3.8, 4) is 0 Å². The zero-order valence-corrected chi connectivity index (χ0v) is 12.9. The molecule has 0 aliphatic rings. The molecule has 0 aliphatic heterocycles. The first-order chi connectivity index (χ1) is 11.1. The van der Waals surface area contributed by atoms with Crippen molar-refractivity contribution in [1.82, 2.24) is 14.5 Å². The topological polar surface area (TPSA) is 55.9 Å². The highest BCUT2D eigenvalue weighted by Crippen LogP contribution is 2.25. The van der Waals surface area contributed by atoms with Gasteiger partial charge in [-0.2, -0.15) is 4.98 Å². The van der Waals surface area contributed by atoms with E-state index in [1.54, 1.807) is 6.07 Å². The standard InChI is InChI=1S/C16H12ClFN4O/c1-22-13-4-3-10(18)7-11(13)19-15(22)21-16-20-12-6-9(8-17)2-5-14(12)23-16/h2-7H,8H2,1H3,(H,19,20,21). The Balaban J connectivity index is 1.74. The van der Waals surface area contributed by atoms with Crippen molar-refractivity contribution in [2.24, 2.45) is 7.05 Å². The Hall–Kier alpha value is -2.60. The van der Waals surface area contributed by atoms with Crippen molar-refractivity contribution in [2.45, 2.75) is 5.88 Å². The lowest BCUT2D eigenvalue weighted by Gasteiger charge is -2.01. The molecule has 1 N–H and O–H groups in total. The van der Waals surface area contributed by atoms with Gasteiger partial charge in [0, 0.05) is 19.0 Å². The Morgan fingerprint density at radius 1 is 1.17 bits per heavy atom. The van der Waals surface area contributed by atoms with Gasteiger partial charge >= 0.3 is 6.01 Å². The Labute approximate surface area is 135 Å². The van der Waals surface area contributed by atoms with E-state index in [1.165, 1.54) is 12.1 Å². The molecule has 2 aromatic carbocycles. The fraction of sp³-hybridized carbons (Fsp3) is 0.125. The largest absolute Gasteiger partial charge is 0.423 e. The van der Waals surface area contributed by atoms with Gasteiger partial charge in [0.1, 0.15) is 11.3 Å². The van der Waals surface area contributed by atoms with Gasteiger partial charge in [0.25, 0.3) is 0 Å². The van der Waals surface area contributed by atoms with Crippen molar-refractivity contribution < 1.29 is 8.81 Å². The lowest BCUT2D eigenvalue weighted by molar-refractivity contribution is 0.620. The molecule has 7 heteroatoms. The van der Waals surface area contributed by atoms with Crippen molar-refractivity contribution >= 4 is 45.7 Å². The van der Waals surface area contributed by atoms with E-state index in [1.807, 2.05) is 29.8 Å². The number of aryl methyl sites for hydroxylation is 1. The van der Waals surface area contributed by atoms with Gasteiger partial charge in [0.2, 0.25) is 5.95 Å². The van der Waals surface area contributed by atoms with Gasteiger partial charge < -0.3 is 8.98 Å². The van der Waals surface area contributed by atoms with Crippen LogP contribution in [0.5, 0.6) is 0 Å². The molecule has 116 valence electrons. The summed E-state index contributed by atoms with van der Waals surface area (Å²) in [5.41, 5.74) is 3.73. The molecular weight excluding hydrogens is 319 g/mol. The molecule has 0 unspecified atom stereocenters. The summed E-state index contributed by atoms with van der Waals surface area (Å²) in [4.78, 5) is 8.74. The van der Waals surface area contributed by atoms with E-state index in [-0.39, 0.29) is 5.82 Å². The predicted molar refractivity (Wildman–Crippen MR) is 87.5 cm³/mol. The third kappa shape index (κ3) is 2.41. The average molecular weight is 331 g/mol. The van der Waals surface area contributed by atoms with Crippen molar-refractivity contribution in [1.29, 1.82) is 0 Å². The molecule has 2 aromatic heterocycles. The Morgan fingerprint density at radius 3 is 2.87 bits per heavy atom. The number of nitrogens with zero attached hydrogens (tertiary/aromatic N) is 3. The molecule has 0 spiro atoms. The van der Waals surface area contributed by atoms with Gasteiger partial charge in [-0.15, -0.1) is 11.6 Å². The number of aromatic nitrogens is 3. The number of hydrogen-bond acceptors (Lipinski definition) is 4. The first-order valence-corrected chi connectivity index (χ1v) is 7.52. The van der Waals surface area contributed by atoms with Crippen LogP contribution in [0.3, 0.4) is 0 Å². The van der Waals surface area contributed by atoms with E-state index in [2.05, 4.69) is 15.3 Å². The quantitative estimate of drug-likeness (QED) is 0.568. The smallest absolute Gasteiger partial charge is 0.302 e. The number of anilines is 2. The van der Waals surface area contributed by atoms with E-state index in [9.17, 15) is 4.39 Å². The summed E-state index contributed by atoms with van der Waals surface area (Å²) in [6.07, 6.45) is 0. The molecule has 5 nitrogen and oxygen atoms in total. The maximum Gasteiger partial charge on any atom is 0.302 e. The van der Waals surface area contributed by atoms with E-state index in [4.69, 9.17) is 16.0 Å². The molecule has 4 aromatic rings. The van der Waals surface area contributed by atoms with Crippen molar-refractivity contribution in [3.63, 3.8) is 0 Å². The summed E-state index contributed by atoms with van der Waals surface area (Å²) < 4.78 is 20.8. The summed E-state index contributed by atoms with van der Waals surface area (Å²) >= 11 is 5.82. The van der Waals surface area contributed by atoms with Gasteiger partial charge in [-0.3, -0.25) is 5.32 Å². The van der Waals surface area contributed by atoms with E-state index < -0.39 is 0 Å². The second kappa shape index (κ2) is 5.24. The molecule has 0 radical (unpaired) electrons. The summed E-state index contributed by atoms with van der Waals surface area (Å²) in [5.74, 6) is 0.620. The number of rotatable bonds is 3. The molecule has 23 heavy (non-hydrogen) atoms. The number of benzene rings is 2. The maximum atomic E-state index is 13.3. The summed E-state index contributed by atoms with van der Waals surface area (Å²) in [6, 6.07) is 10.4. The number of alkyl halides is 1. The zero-order valence-electron chi connectivity index (χ0n) is 12.2. The second-order valence-corrected chi connectivity index (χ2v) is 5.47. The van der Waals surface area contributed by atoms with Crippen molar-refractivity contribution in [3.05, 3.63) is 47.8 Å². The van der Waals surface area contributed by atoms with E-state index in [0.717, 1.165) is 16.6 Å².